The molecule has 2 aliphatic rings. The third kappa shape index (κ3) is 3.28. The molecular weight excluding hydrogens is 292 g/mol. The molecule has 0 unspecified atom stereocenters. The van der Waals surface area contributed by atoms with Crippen molar-refractivity contribution in [1.29, 1.82) is 0 Å². The maximum atomic E-state index is 12.4. The average molecular weight is 314 g/mol. The zero-order chi connectivity index (χ0) is 14.9. The molecule has 0 spiro atoms. The van der Waals surface area contributed by atoms with Gasteiger partial charge in [0.2, 0.25) is 0 Å². The Kier molecular flexibility index (Phi) is 4.04. The van der Waals surface area contributed by atoms with E-state index in [2.05, 4.69) is 20.2 Å². The van der Waals surface area contributed by atoms with Crippen molar-refractivity contribution < 1.29 is 13.2 Å². The quantitative estimate of drug-likeness (QED) is 0.650. The second-order valence-electron chi connectivity index (χ2n) is 5.94. The maximum absolute atomic E-state index is 12.4. The molecule has 0 saturated heterocycles. The summed E-state index contributed by atoms with van der Waals surface area (Å²) in [6.07, 6.45) is 6.76. The van der Waals surface area contributed by atoms with Crippen molar-refractivity contribution >= 4 is 10.0 Å². The number of nitrogens with zero attached hydrogens (tertiary/aromatic N) is 1. The minimum atomic E-state index is -3.58. The van der Waals surface area contributed by atoms with Crippen LogP contribution in [0.5, 0.6) is 0 Å². The Balaban J connectivity index is 1.64. The molecule has 1 aromatic heterocycles. The van der Waals surface area contributed by atoms with Crippen LogP contribution in [0.4, 0.5) is 0 Å². The Labute approximate surface area is 124 Å². The van der Waals surface area contributed by atoms with Gasteiger partial charge in [0.1, 0.15) is 0 Å². The number of hydrogen-bond acceptors (Lipinski definition) is 5. The number of rotatable bonds is 8. The highest BCUT2D eigenvalue weighted by molar-refractivity contribution is 7.89. The summed E-state index contributed by atoms with van der Waals surface area (Å²) < 4.78 is 32.9. The molecule has 3 rings (SSSR count). The Morgan fingerprint density at radius 2 is 2.24 bits per heavy atom. The van der Waals surface area contributed by atoms with Gasteiger partial charge in [-0.1, -0.05) is 0 Å². The summed E-state index contributed by atoms with van der Waals surface area (Å²) in [5.41, 5.74) is 0.342. The topological polar surface area (TPSA) is 96.1 Å². The summed E-state index contributed by atoms with van der Waals surface area (Å²) in [5, 5.41) is 9.92. The van der Waals surface area contributed by atoms with Gasteiger partial charge in [0.05, 0.1) is 11.8 Å². The molecule has 0 atom stereocenters. The molecule has 118 valence electrons. The van der Waals surface area contributed by atoms with Crippen molar-refractivity contribution in [1.82, 2.24) is 20.2 Å². The maximum Gasteiger partial charge on any atom is 0.257 e. The predicted molar refractivity (Wildman–Crippen MR) is 77.2 cm³/mol. The van der Waals surface area contributed by atoms with E-state index in [1.54, 1.807) is 13.3 Å². The molecule has 7 nitrogen and oxygen atoms in total. The molecule has 0 aliphatic heterocycles. The van der Waals surface area contributed by atoms with Gasteiger partial charge in [-0.3, -0.25) is 5.10 Å². The Morgan fingerprint density at radius 1 is 1.48 bits per heavy atom. The normalized spacial score (nSPS) is 21.2. The van der Waals surface area contributed by atoms with Crippen molar-refractivity contribution in [2.75, 3.05) is 13.7 Å². The van der Waals surface area contributed by atoms with Crippen molar-refractivity contribution in [3.63, 3.8) is 0 Å². The lowest BCUT2D eigenvalue weighted by Gasteiger charge is -2.40. The summed E-state index contributed by atoms with van der Waals surface area (Å²) >= 11 is 0. The molecule has 3 N–H and O–H groups in total. The fraction of sp³-hybridized carbons (Fsp3) is 0.769. The van der Waals surface area contributed by atoms with Crippen LogP contribution in [0.25, 0.3) is 0 Å². The first-order valence-electron chi connectivity index (χ1n) is 7.35. The van der Waals surface area contributed by atoms with Gasteiger partial charge in [0, 0.05) is 31.8 Å². The van der Waals surface area contributed by atoms with Crippen LogP contribution in [0.15, 0.2) is 11.2 Å². The van der Waals surface area contributed by atoms with Gasteiger partial charge in [0.15, 0.2) is 5.03 Å². The summed E-state index contributed by atoms with van der Waals surface area (Å²) in [6, 6.07) is 0.523. The molecule has 2 aliphatic carbocycles. The predicted octanol–water partition coefficient (Wildman–Crippen LogP) is 0.509. The molecular formula is C13H22N4O3S. The van der Waals surface area contributed by atoms with Crippen LogP contribution >= 0.6 is 0 Å². The van der Waals surface area contributed by atoms with Crippen LogP contribution in [0.3, 0.4) is 0 Å². The largest absolute Gasteiger partial charge is 0.377 e. The number of aromatic amines is 1. The molecule has 0 bridgehead atoms. The summed E-state index contributed by atoms with van der Waals surface area (Å²) in [5.74, 6) is 0. The smallest absolute Gasteiger partial charge is 0.257 e. The lowest BCUT2D eigenvalue weighted by molar-refractivity contribution is -0.0659. The average Bonchev–Trinajstić information content (AvgIpc) is 3.11. The monoisotopic (exact) mass is 314 g/mol. The van der Waals surface area contributed by atoms with Crippen LogP contribution in [0.1, 0.15) is 37.7 Å². The molecule has 1 heterocycles. The number of aromatic nitrogens is 2. The lowest BCUT2D eigenvalue weighted by atomic mass is 9.80. The van der Waals surface area contributed by atoms with Crippen LogP contribution in [0.2, 0.25) is 0 Å². The van der Waals surface area contributed by atoms with Crippen molar-refractivity contribution in [2.45, 2.75) is 55.3 Å². The number of H-pyrrole nitrogens is 1. The summed E-state index contributed by atoms with van der Waals surface area (Å²) in [6.45, 7) is 0.827. The lowest BCUT2D eigenvalue weighted by Crippen LogP contribution is -2.49. The van der Waals surface area contributed by atoms with E-state index < -0.39 is 10.0 Å². The van der Waals surface area contributed by atoms with Crippen LogP contribution in [-0.2, 0) is 21.3 Å². The van der Waals surface area contributed by atoms with Crippen molar-refractivity contribution in [2.24, 2.45) is 0 Å². The van der Waals surface area contributed by atoms with Gasteiger partial charge < -0.3 is 10.1 Å². The number of sulfonamides is 1. The van der Waals surface area contributed by atoms with Gasteiger partial charge in [-0.2, -0.15) is 5.10 Å². The molecule has 1 aromatic rings. The van der Waals surface area contributed by atoms with E-state index in [9.17, 15) is 8.42 Å². The number of hydrogen-bond donors (Lipinski definition) is 3. The van der Waals surface area contributed by atoms with Gasteiger partial charge in [0.25, 0.3) is 10.0 Å². The van der Waals surface area contributed by atoms with Gasteiger partial charge in [-0.05, 0) is 32.1 Å². The van der Waals surface area contributed by atoms with Crippen molar-refractivity contribution in [3.05, 3.63) is 11.8 Å². The fourth-order valence-corrected chi connectivity index (χ4v) is 3.76. The second-order valence-corrected chi connectivity index (χ2v) is 7.65. The first-order valence-corrected chi connectivity index (χ1v) is 8.83. The van der Waals surface area contributed by atoms with E-state index in [0.717, 1.165) is 32.1 Å². The first kappa shape index (κ1) is 15.0. The zero-order valence-electron chi connectivity index (χ0n) is 12.2. The zero-order valence-corrected chi connectivity index (χ0v) is 13.0. The number of nitrogens with one attached hydrogen (secondary N) is 3. The van der Waals surface area contributed by atoms with E-state index in [1.807, 2.05) is 0 Å². The summed E-state index contributed by atoms with van der Waals surface area (Å²) in [7, 11) is -1.95. The highest BCUT2D eigenvalue weighted by Crippen LogP contribution is 2.34. The van der Waals surface area contributed by atoms with E-state index >= 15 is 0 Å². The molecule has 0 amide bonds. The third-order valence-electron chi connectivity index (χ3n) is 4.39. The van der Waals surface area contributed by atoms with Gasteiger partial charge >= 0.3 is 0 Å². The second kappa shape index (κ2) is 5.68. The van der Waals surface area contributed by atoms with E-state index in [1.165, 1.54) is 0 Å². The van der Waals surface area contributed by atoms with Crippen molar-refractivity contribution in [3.8, 4) is 0 Å². The third-order valence-corrected chi connectivity index (χ3v) is 5.80. The highest BCUT2D eigenvalue weighted by atomic mass is 32.2. The fourth-order valence-electron chi connectivity index (χ4n) is 2.52. The first-order chi connectivity index (χ1) is 10.0. The van der Waals surface area contributed by atoms with Crippen LogP contribution < -0.4 is 10.0 Å². The molecule has 2 saturated carbocycles. The van der Waals surface area contributed by atoms with Crippen LogP contribution in [0, 0.1) is 0 Å². The Morgan fingerprint density at radius 3 is 2.81 bits per heavy atom. The van der Waals surface area contributed by atoms with Gasteiger partial charge in [-0.25, -0.2) is 13.1 Å². The van der Waals surface area contributed by atoms with E-state index in [0.29, 0.717) is 24.7 Å². The number of methoxy groups -OCH3 is 1. The molecule has 0 radical (unpaired) electrons. The molecule has 0 aromatic carbocycles. The summed E-state index contributed by atoms with van der Waals surface area (Å²) in [4.78, 5) is 0. The van der Waals surface area contributed by atoms with Gasteiger partial charge in [-0.15, -0.1) is 0 Å². The minimum absolute atomic E-state index is 0.154. The van der Waals surface area contributed by atoms with E-state index in [-0.39, 0.29) is 10.6 Å². The Bertz CT molecular complexity index is 585. The SMILES string of the molecule is COC1(CNS(=O)(=O)c2[nH]ncc2CNC2CC2)CCC1. The minimum Gasteiger partial charge on any atom is -0.377 e. The number of ether oxygens (including phenoxy) is 1. The standard InChI is InChI=1S/C13H22N4O3S/c1-20-13(5-2-6-13)9-16-21(18,19)12-10(8-15-17-12)7-14-11-3-4-11/h8,11,14,16H,2-7,9H2,1H3,(H,15,17). The molecule has 2 fully saturated rings. The van der Waals surface area contributed by atoms with Crippen LogP contribution in [-0.4, -0.2) is 43.9 Å². The van der Waals surface area contributed by atoms with E-state index in [4.69, 9.17) is 4.74 Å². The Hall–Kier alpha value is -0.960. The molecule has 21 heavy (non-hydrogen) atoms. The highest BCUT2D eigenvalue weighted by Gasteiger charge is 2.38. The molecule has 8 heteroatoms.